The lowest BCUT2D eigenvalue weighted by Gasteiger charge is -2.02. The summed E-state index contributed by atoms with van der Waals surface area (Å²) in [6, 6.07) is 7.04. The van der Waals surface area contributed by atoms with Gasteiger partial charge in [-0.3, -0.25) is 0 Å². The average molecular weight is 229 g/mol. The van der Waals surface area contributed by atoms with E-state index in [2.05, 4.69) is 5.10 Å². The second kappa shape index (κ2) is 3.52. The highest BCUT2D eigenvalue weighted by Gasteiger charge is 2.08. The lowest BCUT2D eigenvalue weighted by molar-refractivity contribution is 0.475. The summed E-state index contributed by atoms with van der Waals surface area (Å²) in [5, 5.41) is 13.9. The molecule has 1 aromatic carbocycles. The molecule has 1 heterocycles. The maximum absolute atomic E-state index is 9.22. The standard InChI is InChI=1S/C9H6Cl2N2O/c10-6-2-1-3-7(4-6)13-9(11)8(14)5-12-13/h1-5,14H. The monoisotopic (exact) mass is 228 g/mol. The summed E-state index contributed by atoms with van der Waals surface area (Å²) in [6.45, 7) is 0. The van der Waals surface area contributed by atoms with Gasteiger partial charge in [0.25, 0.3) is 0 Å². The van der Waals surface area contributed by atoms with Crippen molar-refractivity contribution in [3.63, 3.8) is 0 Å². The third kappa shape index (κ3) is 1.56. The van der Waals surface area contributed by atoms with Gasteiger partial charge in [-0.2, -0.15) is 5.10 Å². The van der Waals surface area contributed by atoms with Gasteiger partial charge in [-0.05, 0) is 18.2 Å². The fraction of sp³-hybridized carbons (Fsp3) is 0. The molecule has 1 aromatic heterocycles. The first-order valence-corrected chi connectivity index (χ1v) is 4.62. The van der Waals surface area contributed by atoms with Crippen LogP contribution in [-0.4, -0.2) is 14.9 Å². The second-order valence-corrected chi connectivity index (χ2v) is 3.51. The Morgan fingerprint density at radius 2 is 2.07 bits per heavy atom. The molecule has 0 unspecified atom stereocenters. The Balaban J connectivity index is 2.55. The molecular formula is C9H6Cl2N2O. The van der Waals surface area contributed by atoms with Gasteiger partial charge in [-0.25, -0.2) is 4.68 Å². The van der Waals surface area contributed by atoms with Gasteiger partial charge in [0.1, 0.15) is 0 Å². The summed E-state index contributed by atoms with van der Waals surface area (Å²) in [4.78, 5) is 0. The minimum atomic E-state index is -0.0494. The minimum Gasteiger partial charge on any atom is -0.504 e. The lowest BCUT2D eigenvalue weighted by atomic mass is 10.3. The van der Waals surface area contributed by atoms with Crippen molar-refractivity contribution in [3.05, 3.63) is 40.6 Å². The molecule has 0 bridgehead atoms. The van der Waals surface area contributed by atoms with Crippen LogP contribution in [0.2, 0.25) is 10.2 Å². The molecule has 0 saturated carbocycles. The molecule has 0 fully saturated rings. The molecule has 0 saturated heterocycles. The second-order valence-electron chi connectivity index (χ2n) is 2.71. The first kappa shape index (κ1) is 9.37. The van der Waals surface area contributed by atoms with Crippen molar-refractivity contribution >= 4 is 23.2 Å². The van der Waals surface area contributed by atoms with E-state index in [1.807, 2.05) is 0 Å². The van der Waals surface area contributed by atoms with Gasteiger partial charge in [0, 0.05) is 5.02 Å². The fourth-order valence-corrected chi connectivity index (χ4v) is 1.49. The third-order valence-electron chi connectivity index (χ3n) is 1.75. The summed E-state index contributed by atoms with van der Waals surface area (Å²) in [5.74, 6) is -0.0494. The van der Waals surface area contributed by atoms with Crippen LogP contribution in [-0.2, 0) is 0 Å². The molecule has 3 nitrogen and oxygen atoms in total. The molecule has 2 rings (SSSR count). The quantitative estimate of drug-likeness (QED) is 0.816. The molecule has 0 aliphatic carbocycles. The van der Waals surface area contributed by atoms with Crippen LogP contribution in [0.5, 0.6) is 5.75 Å². The van der Waals surface area contributed by atoms with Gasteiger partial charge in [0.2, 0.25) is 0 Å². The number of nitrogens with zero attached hydrogens (tertiary/aromatic N) is 2. The van der Waals surface area contributed by atoms with E-state index in [0.717, 1.165) is 0 Å². The number of benzene rings is 1. The molecule has 2 aromatic rings. The van der Waals surface area contributed by atoms with Crippen molar-refractivity contribution < 1.29 is 5.11 Å². The van der Waals surface area contributed by atoms with Crippen LogP contribution < -0.4 is 0 Å². The van der Waals surface area contributed by atoms with Crippen molar-refractivity contribution in [2.24, 2.45) is 0 Å². The van der Waals surface area contributed by atoms with E-state index in [4.69, 9.17) is 23.2 Å². The van der Waals surface area contributed by atoms with Crippen molar-refractivity contribution in [1.29, 1.82) is 0 Å². The Hall–Kier alpha value is -1.19. The van der Waals surface area contributed by atoms with Crippen molar-refractivity contribution in [2.45, 2.75) is 0 Å². The Morgan fingerprint density at radius 3 is 2.64 bits per heavy atom. The smallest absolute Gasteiger partial charge is 0.174 e. The number of hydrogen-bond donors (Lipinski definition) is 1. The molecule has 0 aliphatic rings. The molecule has 5 heteroatoms. The number of halogens is 2. The van der Waals surface area contributed by atoms with Gasteiger partial charge >= 0.3 is 0 Å². The molecule has 0 amide bonds. The molecule has 0 radical (unpaired) electrons. The van der Waals surface area contributed by atoms with Crippen LogP contribution in [0.4, 0.5) is 0 Å². The van der Waals surface area contributed by atoms with E-state index in [0.29, 0.717) is 10.7 Å². The van der Waals surface area contributed by atoms with Gasteiger partial charge < -0.3 is 5.11 Å². The van der Waals surface area contributed by atoms with Crippen LogP contribution in [0.1, 0.15) is 0 Å². The number of aromatic nitrogens is 2. The predicted octanol–water partition coefficient (Wildman–Crippen LogP) is 2.88. The van der Waals surface area contributed by atoms with Gasteiger partial charge in [-0.1, -0.05) is 29.3 Å². The number of rotatable bonds is 1. The van der Waals surface area contributed by atoms with Crippen molar-refractivity contribution in [3.8, 4) is 11.4 Å². The van der Waals surface area contributed by atoms with Crippen LogP contribution in [0, 0.1) is 0 Å². The normalized spacial score (nSPS) is 10.4. The zero-order valence-corrected chi connectivity index (χ0v) is 8.50. The van der Waals surface area contributed by atoms with E-state index in [1.54, 1.807) is 24.3 Å². The zero-order chi connectivity index (χ0) is 10.1. The highest BCUT2D eigenvalue weighted by Crippen LogP contribution is 2.25. The first-order chi connectivity index (χ1) is 6.68. The maximum Gasteiger partial charge on any atom is 0.174 e. The zero-order valence-electron chi connectivity index (χ0n) is 6.98. The lowest BCUT2D eigenvalue weighted by Crippen LogP contribution is -1.95. The van der Waals surface area contributed by atoms with E-state index >= 15 is 0 Å². The highest BCUT2D eigenvalue weighted by molar-refractivity contribution is 6.31. The highest BCUT2D eigenvalue weighted by atomic mass is 35.5. The minimum absolute atomic E-state index is 0.0494. The van der Waals surface area contributed by atoms with Crippen LogP contribution in [0.3, 0.4) is 0 Å². The van der Waals surface area contributed by atoms with Crippen LogP contribution in [0.15, 0.2) is 30.5 Å². The molecular weight excluding hydrogens is 223 g/mol. The molecule has 14 heavy (non-hydrogen) atoms. The molecule has 1 N–H and O–H groups in total. The molecule has 0 aliphatic heterocycles. The van der Waals surface area contributed by atoms with E-state index in [-0.39, 0.29) is 10.9 Å². The SMILES string of the molecule is Oc1cnn(-c2cccc(Cl)c2)c1Cl. The van der Waals surface area contributed by atoms with E-state index in [1.165, 1.54) is 10.9 Å². The molecule has 72 valence electrons. The van der Waals surface area contributed by atoms with Crippen LogP contribution >= 0.6 is 23.2 Å². The molecule has 0 spiro atoms. The number of hydrogen-bond acceptors (Lipinski definition) is 2. The van der Waals surface area contributed by atoms with E-state index < -0.39 is 0 Å². The Morgan fingerprint density at radius 1 is 1.29 bits per heavy atom. The fourth-order valence-electron chi connectivity index (χ4n) is 1.11. The van der Waals surface area contributed by atoms with Crippen molar-refractivity contribution in [1.82, 2.24) is 9.78 Å². The largest absolute Gasteiger partial charge is 0.504 e. The molecule has 0 atom stereocenters. The van der Waals surface area contributed by atoms with Gasteiger partial charge in [0.15, 0.2) is 10.9 Å². The summed E-state index contributed by atoms with van der Waals surface area (Å²) in [7, 11) is 0. The third-order valence-corrected chi connectivity index (χ3v) is 2.33. The topological polar surface area (TPSA) is 38.1 Å². The van der Waals surface area contributed by atoms with Crippen molar-refractivity contribution in [2.75, 3.05) is 0 Å². The van der Waals surface area contributed by atoms with Gasteiger partial charge in [0.05, 0.1) is 11.9 Å². The number of aromatic hydroxyl groups is 1. The Kier molecular flexibility index (Phi) is 2.35. The van der Waals surface area contributed by atoms with Gasteiger partial charge in [-0.15, -0.1) is 0 Å². The summed E-state index contributed by atoms with van der Waals surface area (Å²) < 4.78 is 1.41. The first-order valence-electron chi connectivity index (χ1n) is 3.87. The van der Waals surface area contributed by atoms with Crippen LogP contribution in [0.25, 0.3) is 5.69 Å². The average Bonchev–Trinajstić information content (AvgIpc) is 2.48. The summed E-state index contributed by atoms with van der Waals surface area (Å²) in [6.07, 6.45) is 1.28. The maximum atomic E-state index is 9.22. The summed E-state index contributed by atoms with van der Waals surface area (Å²) in [5.41, 5.74) is 0.711. The summed E-state index contributed by atoms with van der Waals surface area (Å²) >= 11 is 11.6. The predicted molar refractivity (Wildman–Crippen MR) is 55.2 cm³/mol. The Labute approximate surface area is 90.5 Å². The van der Waals surface area contributed by atoms with E-state index in [9.17, 15) is 5.11 Å². The Bertz CT molecular complexity index is 468.